The Hall–Kier alpha value is -2.87. The fraction of sp³-hybridized carbons (Fsp3) is 0.522. The Kier molecular flexibility index (Phi) is 8.06. The maximum Gasteiger partial charge on any atom is 0.358 e. The molecule has 0 amide bonds. The van der Waals surface area contributed by atoms with Crippen LogP contribution in [0.2, 0.25) is 0 Å². The van der Waals surface area contributed by atoms with Gasteiger partial charge in [-0.05, 0) is 36.5 Å². The molecule has 2 aromatic rings. The minimum atomic E-state index is -0.483. The summed E-state index contributed by atoms with van der Waals surface area (Å²) in [6, 6.07) is 6.50. The van der Waals surface area contributed by atoms with Gasteiger partial charge in [-0.3, -0.25) is 4.90 Å². The number of piperidine rings is 1. The van der Waals surface area contributed by atoms with Crippen molar-refractivity contribution in [2.75, 3.05) is 39.2 Å². The number of nitrogens with zero attached hydrogens (tertiary/aromatic N) is 3. The number of hydrogen-bond acceptors (Lipinski definition) is 8. The molecule has 3 rings (SSSR count). The molecule has 1 aliphatic rings. The Bertz CT molecular complexity index is 849. The quantitative estimate of drug-likeness (QED) is 0.609. The van der Waals surface area contributed by atoms with Crippen molar-refractivity contribution in [1.82, 2.24) is 14.9 Å². The number of aromatic nitrogens is 2. The minimum absolute atomic E-state index is 0.208. The Morgan fingerprint density at radius 1 is 1.16 bits per heavy atom. The molecule has 0 saturated carbocycles. The van der Waals surface area contributed by atoms with Crippen molar-refractivity contribution < 1.29 is 19.0 Å². The number of methoxy groups -OCH3 is 2. The van der Waals surface area contributed by atoms with Crippen molar-refractivity contribution in [1.29, 1.82) is 0 Å². The van der Waals surface area contributed by atoms with E-state index in [9.17, 15) is 4.79 Å². The number of ether oxygens (including phenoxy) is 3. The topological polar surface area (TPSA) is 85.8 Å². The first kappa shape index (κ1) is 22.8. The molecule has 168 valence electrons. The Labute approximate surface area is 183 Å². The van der Waals surface area contributed by atoms with Gasteiger partial charge in [0.05, 0.1) is 33.2 Å². The Morgan fingerprint density at radius 3 is 2.55 bits per heavy atom. The number of carbonyl (C=O) groups excluding carboxylic acids is 1. The average molecular weight is 429 g/mol. The summed E-state index contributed by atoms with van der Waals surface area (Å²) in [6.45, 7) is 7.78. The van der Waals surface area contributed by atoms with Crippen molar-refractivity contribution >= 4 is 11.8 Å². The predicted molar refractivity (Wildman–Crippen MR) is 119 cm³/mol. The molecule has 2 heterocycles. The molecule has 1 aliphatic heterocycles. The summed E-state index contributed by atoms with van der Waals surface area (Å²) in [5, 5.41) is 3.41. The van der Waals surface area contributed by atoms with Crippen molar-refractivity contribution in [3.05, 3.63) is 41.9 Å². The molecule has 1 saturated heterocycles. The number of likely N-dealkylation sites (tertiary alicyclic amines) is 1. The predicted octanol–water partition coefficient (Wildman–Crippen LogP) is 3.38. The highest BCUT2D eigenvalue weighted by Crippen LogP contribution is 2.29. The molecule has 8 nitrogen and oxygen atoms in total. The lowest BCUT2D eigenvalue weighted by atomic mass is 10.0. The van der Waals surface area contributed by atoms with Crippen LogP contribution in [-0.4, -0.2) is 60.8 Å². The first-order chi connectivity index (χ1) is 15.0. The summed E-state index contributed by atoms with van der Waals surface area (Å²) >= 11 is 0. The number of benzene rings is 1. The van der Waals surface area contributed by atoms with Crippen LogP contribution in [0.4, 0.5) is 5.82 Å². The van der Waals surface area contributed by atoms with E-state index in [0.29, 0.717) is 24.4 Å². The average Bonchev–Trinajstić information content (AvgIpc) is 2.79. The Balaban J connectivity index is 1.50. The molecule has 0 spiro atoms. The normalized spacial score (nSPS) is 15.0. The molecule has 0 aliphatic carbocycles. The van der Waals surface area contributed by atoms with Crippen molar-refractivity contribution in [3.8, 4) is 11.5 Å². The first-order valence-electron chi connectivity index (χ1n) is 10.7. The number of rotatable bonds is 9. The molecule has 0 radical (unpaired) electrons. The molecule has 0 bridgehead atoms. The molecule has 31 heavy (non-hydrogen) atoms. The molecule has 1 fully saturated rings. The zero-order valence-electron chi connectivity index (χ0n) is 18.8. The van der Waals surface area contributed by atoms with E-state index in [1.54, 1.807) is 13.3 Å². The Morgan fingerprint density at radius 2 is 1.94 bits per heavy atom. The molecule has 1 N–H and O–H groups in total. The lowest BCUT2D eigenvalue weighted by Gasteiger charge is -2.32. The monoisotopic (exact) mass is 428 g/mol. The summed E-state index contributed by atoms with van der Waals surface area (Å²) in [5.41, 5.74) is 1.43. The van der Waals surface area contributed by atoms with Gasteiger partial charge < -0.3 is 19.5 Å². The second kappa shape index (κ2) is 10.9. The van der Waals surface area contributed by atoms with Gasteiger partial charge in [0.15, 0.2) is 17.2 Å². The van der Waals surface area contributed by atoms with Crippen molar-refractivity contribution in [2.24, 2.45) is 5.92 Å². The molecular weight excluding hydrogens is 396 g/mol. The van der Waals surface area contributed by atoms with E-state index in [1.165, 1.54) is 18.9 Å². The number of hydrogen-bond donors (Lipinski definition) is 1. The number of nitrogens with one attached hydrogen (secondary N) is 1. The minimum Gasteiger partial charge on any atom is -0.493 e. The third kappa shape index (κ3) is 6.55. The van der Waals surface area contributed by atoms with Gasteiger partial charge in [0.1, 0.15) is 5.82 Å². The second-order valence-corrected chi connectivity index (χ2v) is 8.16. The number of carbonyl (C=O) groups is 1. The van der Waals surface area contributed by atoms with Gasteiger partial charge in [0.25, 0.3) is 0 Å². The number of anilines is 1. The molecule has 8 heteroatoms. The van der Waals surface area contributed by atoms with Gasteiger partial charge in [-0.25, -0.2) is 14.8 Å². The van der Waals surface area contributed by atoms with Crippen LogP contribution >= 0.6 is 0 Å². The van der Waals surface area contributed by atoms with E-state index in [2.05, 4.69) is 50.9 Å². The summed E-state index contributed by atoms with van der Waals surface area (Å²) in [6.07, 6.45) is 5.03. The van der Waals surface area contributed by atoms with Gasteiger partial charge in [-0.15, -0.1) is 0 Å². The largest absolute Gasteiger partial charge is 0.493 e. The lowest BCUT2D eigenvalue weighted by molar-refractivity contribution is 0.0593. The second-order valence-electron chi connectivity index (χ2n) is 8.16. The fourth-order valence-corrected chi connectivity index (χ4v) is 3.50. The van der Waals surface area contributed by atoms with Gasteiger partial charge in [-0.1, -0.05) is 19.9 Å². The maximum absolute atomic E-state index is 11.5. The van der Waals surface area contributed by atoms with Gasteiger partial charge in [-0.2, -0.15) is 0 Å². The van der Waals surface area contributed by atoms with E-state index in [1.807, 2.05) is 6.07 Å². The van der Waals surface area contributed by atoms with E-state index >= 15 is 0 Å². The third-order valence-electron chi connectivity index (χ3n) is 5.19. The zero-order chi connectivity index (χ0) is 22.2. The maximum atomic E-state index is 11.5. The molecule has 1 aromatic carbocycles. The van der Waals surface area contributed by atoms with Gasteiger partial charge in [0.2, 0.25) is 0 Å². The summed E-state index contributed by atoms with van der Waals surface area (Å²) in [7, 11) is 3.00. The van der Waals surface area contributed by atoms with Gasteiger partial charge in [0, 0.05) is 25.7 Å². The molecule has 0 atom stereocenters. The molecule has 0 unspecified atom stereocenters. The highest BCUT2D eigenvalue weighted by molar-refractivity contribution is 5.86. The van der Waals surface area contributed by atoms with E-state index in [-0.39, 0.29) is 5.69 Å². The van der Waals surface area contributed by atoms with Crippen molar-refractivity contribution in [2.45, 2.75) is 39.3 Å². The summed E-state index contributed by atoms with van der Waals surface area (Å²) in [4.78, 5) is 22.3. The smallest absolute Gasteiger partial charge is 0.358 e. The van der Waals surface area contributed by atoms with Crippen LogP contribution < -0.4 is 14.8 Å². The fourth-order valence-electron chi connectivity index (χ4n) is 3.50. The van der Waals surface area contributed by atoms with Crippen LogP contribution in [0.5, 0.6) is 11.5 Å². The molecular formula is C23H32N4O4. The van der Waals surface area contributed by atoms with Crippen molar-refractivity contribution in [3.63, 3.8) is 0 Å². The van der Waals surface area contributed by atoms with Crippen LogP contribution in [0, 0.1) is 5.92 Å². The first-order valence-corrected chi connectivity index (χ1v) is 10.7. The highest BCUT2D eigenvalue weighted by atomic mass is 16.5. The summed E-state index contributed by atoms with van der Waals surface area (Å²) < 4.78 is 16.0. The highest BCUT2D eigenvalue weighted by Gasteiger charge is 2.20. The van der Waals surface area contributed by atoms with E-state index in [0.717, 1.165) is 44.0 Å². The van der Waals surface area contributed by atoms with Gasteiger partial charge >= 0.3 is 5.97 Å². The summed E-state index contributed by atoms with van der Waals surface area (Å²) in [5.74, 6) is 2.23. The zero-order valence-corrected chi connectivity index (χ0v) is 18.8. The van der Waals surface area contributed by atoms with Crippen LogP contribution in [0.15, 0.2) is 30.6 Å². The SMILES string of the molecule is COC(=O)c1cnc(NC2CCN(Cc3ccc(OC)c(OCC(C)C)c3)CC2)cn1. The lowest BCUT2D eigenvalue weighted by Crippen LogP contribution is -2.38. The number of esters is 1. The van der Waals surface area contributed by atoms with Crippen LogP contribution in [0.25, 0.3) is 0 Å². The third-order valence-corrected chi connectivity index (χ3v) is 5.19. The van der Waals surface area contributed by atoms with Crippen LogP contribution in [0.3, 0.4) is 0 Å². The van der Waals surface area contributed by atoms with E-state index in [4.69, 9.17) is 9.47 Å². The van der Waals surface area contributed by atoms with Crippen LogP contribution in [0.1, 0.15) is 42.7 Å². The van der Waals surface area contributed by atoms with Crippen LogP contribution in [-0.2, 0) is 11.3 Å². The van der Waals surface area contributed by atoms with E-state index < -0.39 is 5.97 Å². The standard InChI is InChI=1S/C23H32N4O4/c1-16(2)15-31-21-11-17(5-6-20(21)29-3)14-27-9-7-18(8-10-27)26-22-13-24-19(12-25-22)23(28)30-4/h5-6,11-13,16,18H,7-10,14-15H2,1-4H3,(H,25,26). The molecule has 1 aromatic heterocycles.